The van der Waals surface area contributed by atoms with Crippen LogP contribution in [-0.2, 0) is 10.0 Å². The maximum atomic E-state index is 12.5. The van der Waals surface area contributed by atoms with Crippen molar-refractivity contribution in [2.24, 2.45) is 5.84 Å². The molecule has 0 radical (unpaired) electrons. The summed E-state index contributed by atoms with van der Waals surface area (Å²) < 4.78 is 26.4. The van der Waals surface area contributed by atoms with Crippen LogP contribution in [0.1, 0.15) is 6.92 Å². The average molecular weight is 285 g/mol. The molecule has 0 bridgehead atoms. The number of sulfonamides is 1. The third kappa shape index (κ3) is 2.86. The van der Waals surface area contributed by atoms with Crippen LogP contribution < -0.4 is 11.3 Å². The van der Waals surface area contributed by atoms with Crippen molar-refractivity contribution >= 4 is 15.8 Å². The maximum absolute atomic E-state index is 12.5. The fourth-order valence-corrected chi connectivity index (χ4v) is 3.46. The number of nitrogens with two attached hydrogens (primary N) is 1. The van der Waals surface area contributed by atoms with E-state index in [4.69, 9.17) is 5.84 Å². The van der Waals surface area contributed by atoms with Gasteiger partial charge in [0.05, 0.1) is 0 Å². The van der Waals surface area contributed by atoms with E-state index in [1.54, 1.807) is 6.07 Å². The number of nitrogens with zero attached hydrogens (tertiary/aromatic N) is 3. The number of hydrogen-bond donors (Lipinski definition) is 2. The molecule has 3 N–H and O–H groups in total. The van der Waals surface area contributed by atoms with Crippen LogP contribution in [0, 0.1) is 0 Å². The molecule has 1 unspecified atom stereocenters. The largest absolute Gasteiger partial charge is 0.308 e. The molecule has 1 aliphatic rings. The van der Waals surface area contributed by atoms with Gasteiger partial charge in [-0.3, -0.25) is 0 Å². The number of hydrazine groups is 1. The summed E-state index contributed by atoms with van der Waals surface area (Å²) >= 11 is 0. The lowest BCUT2D eigenvalue weighted by atomic mass is 10.2. The SMILES string of the molecule is CC1CN(S(=O)(=O)c2ccc(NN)nc2)CCN1C. The smallest absolute Gasteiger partial charge is 0.244 e. The predicted octanol–water partition coefficient (Wildman–Crippen LogP) is -0.308. The van der Waals surface area contributed by atoms with Crippen LogP contribution >= 0.6 is 0 Å². The Morgan fingerprint density at radius 1 is 1.42 bits per heavy atom. The Bertz CT molecular complexity index is 531. The van der Waals surface area contributed by atoms with Gasteiger partial charge in [0.25, 0.3) is 0 Å². The second-order valence-electron chi connectivity index (χ2n) is 4.72. The Hall–Kier alpha value is -1.22. The van der Waals surface area contributed by atoms with Crippen LogP contribution in [0.2, 0.25) is 0 Å². The summed E-state index contributed by atoms with van der Waals surface area (Å²) in [5.41, 5.74) is 2.37. The fraction of sp³-hybridized carbons (Fsp3) is 0.545. The zero-order valence-electron chi connectivity index (χ0n) is 11.1. The van der Waals surface area contributed by atoms with Crippen LogP contribution in [0.25, 0.3) is 0 Å². The van der Waals surface area contributed by atoms with E-state index in [2.05, 4.69) is 15.3 Å². The Labute approximate surface area is 113 Å². The van der Waals surface area contributed by atoms with Crippen LogP contribution in [0.15, 0.2) is 23.2 Å². The first-order valence-corrected chi connectivity index (χ1v) is 7.52. The molecule has 0 amide bonds. The molecule has 0 aromatic carbocycles. The third-order valence-electron chi connectivity index (χ3n) is 3.44. The third-order valence-corrected chi connectivity index (χ3v) is 5.29. The maximum Gasteiger partial charge on any atom is 0.244 e. The van der Waals surface area contributed by atoms with E-state index in [0.717, 1.165) is 6.54 Å². The zero-order valence-corrected chi connectivity index (χ0v) is 11.9. The molecule has 2 rings (SSSR count). The first-order valence-electron chi connectivity index (χ1n) is 6.08. The van der Waals surface area contributed by atoms with E-state index in [1.165, 1.54) is 16.6 Å². The molecule has 1 fully saturated rings. The summed E-state index contributed by atoms with van der Waals surface area (Å²) in [6.45, 7) is 3.74. The van der Waals surface area contributed by atoms with E-state index in [0.29, 0.717) is 18.9 Å². The minimum atomic E-state index is -3.47. The molecule has 8 heteroatoms. The van der Waals surface area contributed by atoms with E-state index in [-0.39, 0.29) is 10.9 Å². The van der Waals surface area contributed by atoms with Crippen molar-refractivity contribution in [3.05, 3.63) is 18.3 Å². The number of aromatic nitrogens is 1. The van der Waals surface area contributed by atoms with Gasteiger partial charge in [-0.25, -0.2) is 19.2 Å². The molecular formula is C11H19N5O2S. The molecule has 7 nitrogen and oxygen atoms in total. The molecular weight excluding hydrogens is 266 g/mol. The molecule has 1 aromatic heterocycles. The van der Waals surface area contributed by atoms with Crippen LogP contribution in [-0.4, -0.2) is 55.3 Å². The lowest BCUT2D eigenvalue weighted by molar-refractivity contribution is 0.159. The van der Waals surface area contributed by atoms with Crippen molar-refractivity contribution < 1.29 is 8.42 Å². The Balaban J connectivity index is 2.21. The van der Waals surface area contributed by atoms with Crippen molar-refractivity contribution in [1.29, 1.82) is 0 Å². The molecule has 19 heavy (non-hydrogen) atoms. The highest BCUT2D eigenvalue weighted by molar-refractivity contribution is 7.89. The van der Waals surface area contributed by atoms with Gasteiger partial charge in [-0.05, 0) is 26.1 Å². The number of rotatable bonds is 3. The van der Waals surface area contributed by atoms with Gasteiger partial charge in [-0.15, -0.1) is 0 Å². The minimum absolute atomic E-state index is 0.197. The Morgan fingerprint density at radius 3 is 2.68 bits per heavy atom. The van der Waals surface area contributed by atoms with Crippen molar-refractivity contribution in [2.75, 3.05) is 32.1 Å². The lowest BCUT2D eigenvalue weighted by Crippen LogP contribution is -2.51. The van der Waals surface area contributed by atoms with Gasteiger partial charge in [0.1, 0.15) is 10.7 Å². The zero-order chi connectivity index (χ0) is 14.0. The second kappa shape index (κ2) is 5.41. The molecule has 0 aliphatic carbocycles. The monoisotopic (exact) mass is 285 g/mol. The van der Waals surface area contributed by atoms with Crippen molar-refractivity contribution in [3.8, 4) is 0 Å². The lowest BCUT2D eigenvalue weighted by Gasteiger charge is -2.36. The highest BCUT2D eigenvalue weighted by Crippen LogP contribution is 2.19. The molecule has 106 valence electrons. The molecule has 0 saturated carbocycles. The van der Waals surface area contributed by atoms with Crippen LogP contribution in [0.4, 0.5) is 5.82 Å². The number of hydrogen-bond acceptors (Lipinski definition) is 6. The Kier molecular flexibility index (Phi) is 4.04. The number of likely N-dealkylation sites (N-methyl/N-ethyl adjacent to an activating group) is 1. The number of anilines is 1. The topological polar surface area (TPSA) is 91.6 Å². The highest BCUT2D eigenvalue weighted by atomic mass is 32.2. The van der Waals surface area contributed by atoms with Gasteiger partial charge >= 0.3 is 0 Å². The number of pyridine rings is 1. The van der Waals surface area contributed by atoms with Gasteiger partial charge in [0.15, 0.2) is 0 Å². The number of nitrogen functional groups attached to an aromatic ring is 1. The quantitative estimate of drug-likeness (QED) is 0.585. The number of nitrogens with one attached hydrogen (secondary N) is 1. The fourth-order valence-electron chi connectivity index (χ4n) is 2.00. The summed E-state index contributed by atoms with van der Waals surface area (Å²) in [7, 11) is -1.47. The molecule has 1 aromatic rings. The minimum Gasteiger partial charge on any atom is -0.308 e. The number of piperazine rings is 1. The normalized spacial score (nSPS) is 22.4. The van der Waals surface area contributed by atoms with Gasteiger partial charge in [-0.2, -0.15) is 4.31 Å². The van der Waals surface area contributed by atoms with Crippen LogP contribution in [0.3, 0.4) is 0 Å². The molecule has 1 atom stereocenters. The summed E-state index contributed by atoms with van der Waals surface area (Å²) in [6.07, 6.45) is 1.33. The van der Waals surface area contributed by atoms with E-state index < -0.39 is 10.0 Å². The predicted molar refractivity (Wildman–Crippen MR) is 72.9 cm³/mol. The Morgan fingerprint density at radius 2 is 2.16 bits per heavy atom. The van der Waals surface area contributed by atoms with Gasteiger partial charge in [0, 0.05) is 31.9 Å². The highest BCUT2D eigenvalue weighted by Gasteiger charge is 2.30. The molecule has 2 heterocycles. The molecule has 1 saturated heterocycles. The molecule has 0 spiro atoms. The van der Waals surface area contributed by atoms with Gasteiger partial charge in [-0.1, -0.05) is 0 Å². The van der Waals surface area contributed by atoms with E-state index in [1.807, 2.05) is 14.0 Å². The summed E-state index contributed by atoms with van der Waals surface area (Å²) in [4.78, 5) is 6.28. The summed E-state index contributed by atoms with van der Waals surface area (Å²) in [5.74, 6) is 5.64. The van der Waals surface area contributed by atoms with Crippen molar-refractivity contribution in [1.82, 2.24) is 14.2 Å². The van der Waals surface area contributed by atoms with Gasteiger partial charge in [0.2, 0.25) is 10.0 Å². The molecule has 1 aliphatic heterocycles. The first kappa shape index (κ1) is 14.2. The summed E-state index contributed by atoms with van der Waals surface area (Å²) in [5, 5.41) is 0. The van der Waals surface area contributed by atoms with E-state index in [9.17, 15) is 8.42 Å². The van der Waals surface area contributed by atoms with E-state index >= 15 is 0 Å². The van der Waals surface area contributed by atoms with Crippen molar-refractivity contribution in [3.63, 3.8) is 0 Å². The first-order chi connectivity index (χ1) is 8.95. The second-order valence-corrected chi connectivity index (χ2v) is 6.65. The average Bonchev–Trinajstić information content (AvgIpc) is 2.41. The summed E-state index contributed by atoms with van der Waals surface area (Å²) in [6, 6.07) is 3.27. The van der Waals surface area contributed by atoms with Crippen molar-refractivity contribution in [2.45, 2.75) is 17.9 Å². The van der Waals surface area contributed by atoms with Crippen LogP contribution in [0.5, 0.6) is 0 Å². The standard InChI is InChI=1S/C11H19N5O2S/c1-9-8-16(6-5-15(9)2)19(17,18)10-3-4-11(14-12)13-7-10/h3-4,7,9H,5-6,8,12H2,1-2H3,(H,13,14). The van der Waals surface area contributed by atoms with Gasteiger partial charge < -0.3 is 10.3 Å².